The predicted octanol–water partition coefficient (Wildman–Crippen LogP) is 1.70. The molecule has 1 amide bonds. The molecule has 2 aliphatic heterocycles. The fourth-order valence-electron chi connectivity index (χ4n) is 3.85. The minimum atomic E-state index is -3.78. The standard InChI is InChI=1S/C23H26N4O6S/c24-6-11-33-19-3-1-2-18(16-19)25-23(28)21-17-20(34(29,30)27-9-14-32-15-10-27)4-5-22(21)26-7-12-31-13-8-26/h1-5,16-17H,7-15H2,(H,25,28). The van der Waals surface area contributed by atoms with Crippen molar-refractivity contribution in [2.45, 2.75) is 4.90 Å². The van der Waals surface area contributed by atoms with Gasteiger partial charge in [-0.2, -0.15) is 9.57 Å². The van der Waals surface area contributed by atoms with Gasteiger partial charge in [0.15, 0.2) is 6.61 Å². The zero-order valence-corrected chi connectivity index (χ0v) is 19.4. The number of rotatable bonds is 7. The summed E-state index contributed by atoms with van der Waals surface area (Å²) in [4.78, 5) is 15.4. The molecule has 180 valence electrons. The first-order chi connectivity index (χ1) is 16.5. The first-order valence-electron chi connectivity index (χ1n) is 10.9. The van der Waals surface area contributed by atoms with Gasteiger partial charge in [0.05, 0.1) is 36.9 Å². The molecule has 4 rings (SSSR count). The summed E-state index contributed by atoms with van der Waals surface area (Å²) < 4.78 is 43.8. The van der Waals surface area contributed by atoms with E-state index in [4.69, 9.17) is 19.5 Å². The van der Waals surface area contributed by atoms with E-state index in [0.29, 0.717) is 56.6 Å². The molecule has 0 spiro atoms. The van der Waals surface area contributed by atoms with E-state index in [0.717, 1.165) is 0 Å². The molecule has 10 nitrogen and oxygen atoms in total. The maximum absolute atomic E-state index is 13.4. The van der Waals surface area contributed by atoms with Gasteiger partial charge in [0.2, 0.25) is 10.0 Å². The lowest BCUT2D eigenvalue weighted by molar-refractivity contribution is 0.0730. The van der Waals surface area contributed by atoms with E-state index < -0.39 is 15.9 Å². The third-order valence-electron chi connectivity index (χ3n) is 5.57. The molecule has 2 heterocycles. The van der Waals surface area contributed by atoms with Crippen molar-refractivity contribution in [2.24, 2.45) is 0 Å². The molecule has 0 bridgehead atoms. The van der Waals surface area contributed by atoms with Crippen molar-refractivity contribution < 1.29 is 27.4 Å². The van der Waals surface area contributed by atoms with Gasteiger partial charge in [0.1, 0.15) is 11.8 Å². The molecule has 34 heavy (non-hydrogen) atoms. The molecule has 2 aromatic carbocycles. The highest BCUT2D eigenvalue weighted by Crippen LogP contribution is 2.28. The minimum absolute atomic E-state index is 0.0580. The third-order valence-corrected chi connectivity index (χ3v) is 7.46. The van der Waals surface area contributed by atoms with Crippen LogP contribution >= 0.6 is 0 Å². The molecule has 0 aliphatic carbocycles. The van der Waals surface area contributed by atoms with E-state index in [1.165, 1.54) is 10.4 Å². The number of amides is 1. The van der Waals surface area contributed by atoms with Gasteiger partial charge < -0.3 is 24.4 Å². The van der Waals surface area contributed by atoms with Gasteiger partial charge in [-0.25, -0.2) is 8.42 Å². The van der Waals surface area contributed by atoms with Crippen LogP contribution in [-0.2, 0) is 19.5 Å². The van der Waals surface area contributed by atoms with Gasteiger partial charge in [-0.15, -0.1) is 0 Å². The lowest BCUT2D eigenvalue weighted by Crippen LogP contribution is -2.41. The average Bonchev–Trinajstić information content (AvgIpc) is 2.88. The molecule has 0 unspecified atom stereocenters. The Kier molecular flexibility index (Phi) is 7.64. The van der Waals surface area contributed by atoms with Crippen LogP contribution in [-0.4, -0.2) is 77.8 Å². The van der Waals surface area contributed by atoms with Crippen LogP contribution in [0.2, 0.25) is 0 Å². The zero-order chi connectivity index (χ0) is 24.0. The third kappa shape index (κ3) is 5.48. The number of benzene rings is 2. The average molecular weight is 487 g/mol. The smallest absolute Gasteiger partial charge is 0.257 e. The second kappa shape index (κ2) is 10.8. The molecular formula is C23H26N4O6S. The molecule has 2 saturated heterocycles. The van der Waals surface area contributed by atoms with Gasteiger partial charge >= 0.3 is 0 Å². The van der Waals surface area contributed by atoms with E-state index in [9.17, 15) is 13.2 Å². The van der Waals surface area contributed by atoms with Crippen molar-refractivity contribution in [3.05, 3.63) is 48.0 Å². The Morgan fingerprint density at radius 2 is 1.74 bits per heavy atom. The van der Waals surface area contributed by atoms with E-state index in [1.54, 1.807) is 36.4 Å². The van der Waals surface area contributed by atoms with Crippen molar-refractivity contribution in [3.8, 4) is 11.8 Å². The van der Waals surface area contributed by atoms with E-state index in [-0.39, 0.29) is 30.2 Å². The number of sulfonamides is 1. The summed E-state index contributed by atoms with van der Waals surface area (Å²) in [5.74, 6) is -0.00523. The predicted molar refractivity (Wildman–Crippen MR) is 125 cm³/mol. The van der Waals surface area contributed by atoms with Crippen molar-refractivity contribution in [3.63, 3.8) is 0 Å². The number of nitriles is 1. The second-order valence-corrected chi connectivity index (χ2v) is 9.66. The van der Waals surface area contributed by atoms with E-state index in [1.807, 2.05) is 11.0 Å². The number of hydrogen-bond acceptors (Lipinski definition) is 8. The highest BCUT2D eigenvalue weighted by atomic mass is 32.2. The fraction of sp³-hybridized carbons (Fsp3) is 0.391. The van der Waals surface area contributed by atoms with Crippen molar-refractivity contribution in [2.75, 3.05) is 69.4 Å². The molecule has 0 aromatic heterocycles. The van der Waals surface area contributed by atoms with Crippen LogP contribution in [0.15, 0.2) is 47.4 Å². The molecular weight excluding hydrogens is 460 g/mol. The summed E-state index contributed by atoms with van der Waals surface area (Å²) in [6, 6.07) is 13.2. The number of hydrogen-bond donors (Lipinski definition) is 1. The maximum Gasteiger partial charge on any atom is 0.257 e. The number of carbonyl (C=O) groups is 1. The van der Waals surface area contributed by atoms with Crippen LogP contribution in [0.1, 0.15) is 10.4 Å². The topological polar surface area (TPSA) is 121 Å². The van der Waals surface area contributed by atoms with Gasteiger partial charge in [-0.1, -0.05) is 6.07 Å². The highest BCUT2D eigenvalue weighted by molar-refractivity contribution is 7.89. The zero-order valence-electron chi connectivity index (χ0n) is 18.6. The van der Waals surface area contributed by atoms with Crippen molar-refractivity contribution in [1.82, 2.24) is 4.31 Å². The number of nitrogens with zero attached hydrogens (tertiary/aromatic N) is 3. The van der Waals surface area contributed by atoms with Crippen LogP contribution in [0.3, 0.4) is 0 Å². The van der Waals surface area contributed by atoms with Gasteiger partial charge in [-0.3, -0.25) is 4.79 Å². The summed E-state index contributed by atoms with van der Waals surface area (Å²) in [6.07, 6.45) is 0. The first-order valence-corrected chi connectivity index (χ1v) is 12.4. The van der Waals surface area contributed by atoms with E-state index in [2.05, 4.69) is 5.32 Å². The normalized spacial score (nSPS) is 17.1. The Morgan fingerprint density at radius 3 is 2.44 bits per heavy atom. The van der Waals surface area contributed by atoms with Crippen LogP contribution in [0.4, 0.5) is 11.4 Å². The SMILES string of the molecule is N#CCOc1cccc(NC(=O)c2cc(S(=O)(=O)N3CCOCC3)ccc2N2CCOCC2)c1. The Morgan fingerprint density at radius 1 is 1.03 bits per heavy atom. The maximum atomic E-state index is 13.4. The Labute approximate surface area is 198 Å². The molecule has 2 fully saturated rings. The molecule has 0 saturated carbocycles. The molecule has 2 aliphatic rings. The fourth-order valence-corrected chi connectivity index (χ4v) is 5.29. The monoisotopic (exact) mass is 486 g/mol. The number of morpholine rings is 2. The number of ether oxygens (including phenoxy) is 3. The summed E-state index contributed by atoms with van der Waals surface area (Å²) in [5, 5.41) is 11.5. The Balaban J connectivity index is 1.66. The highest BCUT2D eigenvalue weighted by Gasteiger charge is 2.29. The van der Waals surface area contributed by atoms with Crippen molar-refractivity contribution >= 4 is 27.3 Å². The summed E-state index contributed by atoms with van der Waals surface area (Å²) in [5.41, 5.74) is 1.35. The van der Waals surface area contributed by atoms with Crippen LogP contribution < -0.4 is 15.0 Å². The number of carbonyl (C=O) groups excluding carboxylic acids is 1. The largest absolute Gasteiger partial charge is 0.479 e. The molecule has 2 aromatic rings. The summed E-state index contributed by atoms with van der Waals surface area (Å²) in [6.45, 7) is 3.32. The van der Waals surface area contributed by atoms with Crippen molar-refractivity contribution in [1.29, 1.82) is 5.26 Å². The van der Waals surface area contributed by atoms with Crippen LogP contribution in [0.5, 0.6) is 5.75 Å². The lowest BCUT2D eigenvalue weighted by Gasteiger charge is -2.31. The molecule has 11 heteroatoms. The first kappa shape index (κ1) is 24.0. The Bertz CT molecular complexity index is 1170. The van der Waals surface area contributed by atoms with Crippen LogP contribution in [0, 0.1) is 11.3 Å². The Hall–Kier alpha value is -3.17. The van der Waals surface area contributed by atoms with Gasteiger partial charge in [0, 0.05) is 43.6 Å². The summed E-state index contributed by atoms with van der Waals surface area (Å²) in [7, 11) is -3.78. The molecule has 0 radical (unpaired) electrons. The lowest BCUT2D eigenvalue weighted by atomic mass is 10.1. The quantitative estimate of drug-likeness (QED) is 0.628. The second-order valence-electron chi connectivity index (χ2n) is 7.72. The van der Waals surface area contributed by atoms with Crippen LogP contribution in [0.25, 0.3) is 0 Å². The van der Waals surface area contributed by atoms with Gasteiger partial charge in [0.25, 0.3) is 5.91 Å². The summed E-state index contributed by atoms with van der Waals surface area (Å²) >= 11 is 0. The minimum Gasteiger partial charge on any atom is -0.479 e. The number of nitrogens with one attached hydrogen (secondary N) is 1. The van der Waals surface area contributed by atoms with E-state index >= 15 is 0 Å². The van der Waals surface area contributed by atoms with Gasteiger partial charge in [-0.05, 0) is 30.3 Å². The molecule has 1 N–H and O–H groups in total. The number of anilines is 2. The molecule has 0 atom stereocenters.